The smallest absolute Gasteiger partial charge is 0.408 e. The number of anilines is 1. The van der Waals surface area contributed by atoms with Gasteiger partial charge in [-0.05, 0) is 53.2 Å². The number of carbonyl (C=O) groups excluding carboxylic acids is 2. The Kier molecular flexibility index (Phi) is 7.06. The van der Waals surface area contributed by atoms with Crippen LogP contribution in [0.1, 0.15) is 50.8 Å². The first-order valence-corrected chi connectivity index (χ1v) is 9.85. The summed E-state index contributed by atoms with van der Waals surface area (Å²) in [5.74, 6) is 0.197. The van der Waals surface area contributed by atoms with Gasteiger partial charge in [-0.15, -0.1) is 10.2 Å². The molecule has 28 heavy (non-hydrogen) atoms. The Morgan fingerprint density at radius 2 is 1.96 bits per heavy atom. The molecule has 9 heteroatoms. The molecular weight excluding hydrogens is 380 g/mol. The van der Waals surface area contributed by atoms with Crippen LogP contribution in [0.4, 0.5) is 10.5 Å². The van der Waals surface area contributed by atoms with Crippen molar-refractivity contribution in [3.8, 4) is 0 Å². The largest absolute Gasteiger partial charge is 0.444 e. The van der Waals surface area contributed by atoms with Crippen molar-refractivity contribution >= 4 is 29.4 Å². The summed E-state index contributed by atoms with van der Waals surface area (Å²) in [5, 5.41) is 13.6. The summed E-state index contributed by atoms with van der Waals surface area (Å²) in [5.41, 5.74) is 2.32. The SMILES string of the molecule is Cc1ccc(NC(=O)CSc2nnc([C@H](C)NC(=O)OC(C)(C)C)o2)c(C)c1. The van der Waals surface area contributed by atoms with E-state index in [-0.39, 0.29) is 22.8 Å². The molecule has 1 aromatic heterocycles. The molecule has 0 aliphatic carbocycles. The predicted molar refractivity (Wildman–Crippen MR) is 107 cm³/mol. The number of amides is 2. The van der Waals surface area contributed by atoms with Gasteiger partial charge in [-0.1, -0.05) is 29.5 Å². The number of hydrogen-bond acceptors (Lipinski definition) is 7. The molecule has 152 valence electrons. The summed E-state index contributed by atoms with van der Waals surface area (Å²) < 4.78 is 10.7. The number of ether oxygens (including phenoxy) is 1. The van der Waals surface area contributed by atoms with Crippen LogP contribution in [0.5, 0.6) is 0 Å². The van der Waals surface area contributed by atoms with Gasteiger partial charge >= 0.3 is 6.09 Å². The fraction of sp³-hybridized carbons (Fsp3) is 0.474. The van der Waals surface area contributed by atoms with Gasteiger partial charge in [0.15, 0.2) is 0 Å². The number of rotatable bonds is 6. The molecular formula is C19H26N4O4S. The van der Waals surface area contributed by atoms with E-state index in [0.29, 0.717) is 0 Å². The molecule has 0 unspecified atom stereocenters. The zero-order valence-electron chi connectivity index (χ0n) is 17.0. The molecule has 2 amide bonds. The molecule has 8 nitrogen and oxygen atoms in total. The van der Waals surface area contributed by atoms with Crippen molar-refractivity contribution in [3.05, 3.63) is 35.2 Å². The van der Waals surface area contributed by atoms with E-state index in [2.05, 4.69) is 20.8 Å². The summed E-state index contributed by atoms with van der Waals surface area (Å²) >= 11 is 1.13. The molecule has 2 aromatic rings. The van der Waals surface area contributed by atoms with Crippen LogP contribution in [-0.4, -0.2) is 33.6 Å². The van der Waals surface area contributed by atoms with Crippen LogP contribution in [0.3, 0.4) is 0 Å². The molecule has 2 rings (SSSR count). The van der Waals surface area contributed by atoms with Gasteiger partial charge in [-0.3, -0.25) is 4.79 Å². The quantitative estimate of drug-likeness (QED) is 0.698. The molecule has 0 radical (unpaired) electrons. The summed E-state index contributed by atoms with van der Waals surface area (Å²) in [4.78, 5) is 24.0. The number of nitrogens with one attached hydrogen (secondary N) is 2. The molecule has 0 aliphatic heterocycles. The number of aromatic nitrogens is 2. The van der Waals surface area contributed by atoms with Crippen LogP contribution >= 0.6 is 11.8 Å². The van der Waals surface area contributed by atoms with Gasteiger partial charge in [0.05, 0.1) is 5.75 Å². The van der Waals surface area contributed by atoms with Crippen LogP contribution in [-0.2, 0) is 9.53 Å². The van der Waals surface area contributed by atoms with Crippen molar-refractivity contribution in [2.75, 3.05) is 11.1 Å². The maximum absolute atomic E-state index is 12.1. The summed E-state index contributed by atoms with van der Waals surface area (Å²) in [6, 6.07) is 5.31. The minimum absolute atomic E-state index is 0.128. The topological polar surface area (TPSA) is 106 Å². The third-order valence-electron chi connectivity index (χ3n) is 3.51. The first kappa shape index (κ1) is 21.7. The highest BCUT2D eigenvalue weighted by atomic mass is 32.2. The Hall–Kier alpha value is -2.55. The number of benzene rings is 1. The fourth-order valence-electron chi connectivity index (χ4n) is 2.27. The first-order valence-electron chi connectivity index (χ1n) is 8.86. The predicted octanol–water partition coefficient (Wildman–Crippen LogP) is 4.00. The maximum atomic E-state index is 12.1. The second-order valence-electron chi connectivity index (χ2n) is 7.43. The van der Waals surface area contributed by atoms with Crippen molar-refractivity contribution in [1.82, 2.24) is 15.5 Å². The zero-order chi connectivity index (χ0) is 20.9. The molecule has 0 spiro atoms. The molecule has 0 saturated carbocycles. The molecule has 0 aliphatic rings. The number of thioether (sulfide) groups is 1. The van der Waals surface area contributed by atoms with E-state index >= 15 is 0 Å². The Bertz CT molecular complexity index is 845. The minimum atomic E-state index is -0.594. The fourth-order valence-corrected chi connectivity index (χ4v) is 2.84. The lowest BCUT2D eigenvalue weighted by molar-refractivity contribution is -0.113. The second-order valence-corrected chi connectivity index (χ2v) is 8.36. The molecule has 0 saturated heterocycles. The van der Waals surface area contributed by atoms with E-state index in [1.807, 2.05) is 32.0 Å². The molecule has 1 aromatic carbocycles. The monoisotopic (exact) mass is 406 g/mol. The maximum Gasteiger partial charge on any atom is 0.408 e. The lowest BCUT2D eigenvalue weighted by atomic mass is 10.1. The Balaban J connectivity index is 1.85. The number of carbonyl (C=O) groups is 2. The first-order chi connectivity index (χ1) is 13.0. The van der Waals surface area contributed by atoms with Gasteiger partial charge < -0.3 is 19.8 Å². The Morgan fingerprint density at radius 1 is 1.25 bits per heavy atom. The van der Waals surface area contributed by atoms with Crippen molar-refractivity contribution in [3.63, 3.8) is 0 Å². The van der Waals surface area contributed by atoms with E-state index in [9.17, 15) is 9.59 Å². The standard InChI is InChI=1S/C19H26N4O4S/c1-11-7-8-14(12(2)9-11)21-15(24)10-28-18-23-22-16(26-18)13(3)20-17(25)27-19(4,5)6/h7-9,13H,10H2,1-6H3,(H,20,25)(H,21,24)/t13-/m0/s1. The highest BCUT2D eigenvalue weighted by Crippen LogP contribution is 2.21. The van der Waals surface area contributed by atoms with E-state index in [0.717, 1.165) is 28.6 Å². The number of hydrogen-bond donors (Lipinski definition) is 2. The van der Waals surface area contributed by atoms with E-state index in [4.69, 9.17) is 9.15 Å². The van der Waals surface area contributed by atoms with E-state index in [1.165, 1.54) is 0 Å². The molecule has 0 fully saturated rings. The molecule has 2 N–H and O–H groups in total. The average Bonchev–Trinajstić information content (AvgIpc) is 3.03. The van der Waals surface area contributed by atoms with Crippen LogP contribution in [0.25, 0.3) is 0 Å². The number of nitrogens with zero attached hydrogens (tertiary/aromatic N) is 2. The van der Waals surface area contributed by atoms with Crippen LogP contribution in [0.2, 0.25) is 0 Å². The Morgan fingerprint density at radius 3 is 2.61 bits per heavy atom. The van der Waals surface area contributed by atoms with Gasteiger partial charge in [0.1, 0.15) is 11.6 Å². The van der Waals surface area contributed by atoms with Gasteiger partial charge in [0.2, 0.25) is 11.8 Å². The summed E-state index contributed by atoms with van der Waals surface area (Å²) in [6.07, 6.45) is -0.569. The van der Waals surface area contributed by atoms with Gasteiger partial charge in [-0.2, -0.15) is 0 Å². The lowest BCUT2D eigenvalue weighted by Gasteiger charge is -2.20. The highest BCUT2D eigenvalue weighted by Gasteiger charge is 2.21. The third kappa shape index (κ3) is 6.88. The minimum Gasteiger partial charge on any atom is -0.444 e. The van der Waals surface area contributed by atoms with Crippen LogP contribution in [0, 0.1) is 13.8 Å². The van der Waals surface area contributed by atoms with Gasteiger partial charge in [-0.25, -0.2) is 4.79 Å². The normalized spacial score (nSPS) is 12.4. The second kappa shape index (κ2) is 9.09. The molecule has 0 bridgehead atoms. The zero-order valence-corrected chi connectivity index (χ0v) is 17.8. The van der Waals surface area contributed by atoms with Crippen molar-refractivity contribution < 1.29 is 18.7 Å². The van der Waals surface area contributed by atoms with Crippen molar-refractivity contribution in [2.24, 2.45) is 0 Å². The molecule has 1 atom stereocenters. The van der Waals surface area contributed by atoms with E-state index in [1.54, 1.807) is 27.7 Å². The van der Waals surface area contributed by atoms with Gasteiger partial charge in [0.25, 0.3) is 5.22 Å². The number of alkyl carbamates (subject to hydrolysis) is 1. The summed E-state index contributed by atoms with van der Waals surface area (Å²) in [6.45, 7) is 11.0. The lowest BCUT2D eigenvalue weighted by Crippen LogP contribution is -2.34. The van der Waals surface area contributed by atoms with Gasteiger partial charge in [0, 0.05) is 5.69 Å². The van der Waals surface area contributed by atoms with Crippen LogP contribution in [0.15, 0.2) is 27.8 Å². The average molecular weight is 407 g/mol. The highest BCUT2D eigenvalue weighted by molar-refractivity contribution is 7.99. The van der Waals surface area contributed by atoms with Crippen molar-refractivity contribution in [2.45, 2.75) is 58.4 Å². The number of aryl methyl sites for hydroxylation is 2. The summed E-state index contributed by atoms with van der Waals surface area (Å²) in [7, 11) is 0. The Labute approximate surface area is 168 Å². The van der Waals surface area contributed by atoms with E-state index < -0.39 is 17.7 Å². The van der Waals surface area contributed by atoms with Crippen molar-refractivity contribution in [1.29, 1.82) is 0 Å². The third-order valence-corrected chi connectivity index (χ3v) is 4.33. The van der Waals surface area contributed by atoms with Crippen LogP contribution < -0.4 is 10.6 Å². The molecule has 1 heterocycles.